The number of aromatic nitrogens is 1. The zero-order chi connectivity index (χ0) is 15.9. The van der Waals surface area contributed by atoms with Crippen molar-refractivity contribution in [3.05, 3.63) is 66.0 Å². The summed E-state index contributed by atoms with van der Waals surface area (Å²) in [6, 6.07) is 18.1. The Morgan fingerprint density at radius 3 is 2.48 bits per heavy atom. The average Bonchev–Trinajstić information content (AvgIpc) is 2.63. The van der Waals surface area contributed by atoms with Crippen LogP contribution in [0, 0.1) is 0 Å². The zero-order valence-corrected chi connectivity index (χ0v) is 14.0. The average molecular weight is 309 g/mol. The lowest BCUT2D eigenvalue weighted by molar-refractivity contribution is 0.181. The second-order valence-electron chi connectivity index (χ2n) is 6.41. The first-order valence-electron chi connectivity index (χ1n) is 8.78. The summed E-state index contributed by atoms with van der Waals surface area (Å²) in [6.07, 6.45) is 5.46. The van der Waals surface area contributed by atoms with E-state index in [1.165, 1.54) is 24.1 Å². The van der Waals surface area contributed by atoms with Crippen molar-refractivity contribution >= 4 is 0 Å². The summed E-state index contributed by atoms with van der Waals surface area (Å²) < 4.78 is 0. The van der Waals surface area contributed by atoms with Crippen LogP contribution in [0.25, 0.3) is 0 Å². The monoisotopic (exact) mass is 309 g/mol. The normalized spacial score (nSPS) is 18.0. The third-order valence-electron chi connectivity index (χ3n) is 4.75. The van der Waals surface area contributed by atoms with Crippen LogP contribution in [0.15, 0.2) is 54.7 Å². The van der Waals surface area contributed by atoms with Crippen molar-refractivity contribution in [3.63, 3.8) is 0 Å². The molecule has 0 unspecified atom stereocenters. The SMILES string of the molecule is CC[C@H](NC1CCN(Cc2ccccn2)CC1)c1ccccc1. The van der Waals surface area contributed by atoms with E-state index in [1.807, 2.05) is 12.3 Å². The van der Waals surface area contributed by atoms with Gasteiger partial charge < -0.3 is 5.32 Å². The molecule has 1 aliphatic heterocycles. The largest absolute Gasteiger partial charge is 0.307 e. The molecular weight excluding hydrogens is 282 g/mol. The topological polar surface area (TPSA) is 28.2 Å². The standard InChI is InChI=1S/C20H27N3/c1-2-20(17-8-4-3-5-9-17)22-18-11-14-23(15-12-18)16-19-10-6-7-13-21-19/h3-10,13,18,20,22H,2,11-12,14-16H2,1H3/t20-/m0/s1. The van der Waals surface area contributed by atoms with Gasteiger partial charge in [0.15, 0.2) is 0 Å². The molecule has 1 atom stereocenters. The minimum atomic E-state index is 0.476. The summed E-state index contributed by atoms with van der Waals surface area (Å²) >= 11 is 0. The predicted molar refractivity (Wildman–Crippen MR) is 95.1 cm³/mol. The van der Waals surface area contributed by atoms with Crippen LogP contribution in [0.3, 0.4) is 0 Å². The lowest BCUT2D eigenvalue weighted by Gasteiger charge is -2.34. The lowest BCUT2D eigenvalue weighted by Crippen LogP contribution is -2.43. The van der Waals surface area contributed by atoms with Crippen LogP contribution in [-0.4, -0.2) is 29.0 Å². The molecule has 1 N–H and O–H groups in total. The fourth-order valence-corrected chi connectivity index (χ4v) is 3.40. The lowest BCUT2D eigenvalue weighted by atomic mass is 9.99. The minimum Gasteiger partial charge on any atom is -0.307 e. The second-order valence-corrected chi connectivity index (χ2v) is 6.41. The molecule has 1 fully saturated rings. The van der Waals surface area contributed by atoms with Gasteiger partial charge in [-0.15, -0.1) is 0 Å². The number of hydrogen-bond acceptors (Lipinski definition) is 3. The van der Waals surface area contributed by atoms with E-state index in [0.29, 0.717) is 12.1 Å². The first-order valence-corrected chi connectivity index (χ1v) is 8.78. The van der Waals surface area contributed by atoms with Gasteiger partial charge in [0.2, 0.25) is 0 Å². The van der Waals surface area contributed by atoms with E-state index in [-0.39, 0.29) is 0 Å². The van der Waals surface area contributed by atoms with Crippen molar-refractivity contribution in [2.45, 2.75) is 44.8 Å². The third kappa shape index (κ3) is 4.63. The maximum Gasteiger partial charge on any atom is 0.0543 e. The van der Waals surface area contributed by atoms with Crippen LogP contribution in [0.4, 0.5) is 0 Å². The van der Waals surface area contributed by atoms with Gasteiger partial charge in [-0.2, -0.15) is 0 Å². The molecule has 0 saturated carbocycles. The Morgan fingerprint density at radius 1 is 1.09 bits per heavy atom. The van der Waals surface area contributed by atoms with Crippen molar-refractivity contribution in [3.8, 4) is 0 Å². The number of benzene rings is 1. The van der Waals surface area contributed by atoms with E-state index in [9.17, 15) is 0 Å². The van der Waals surface area contributed by atoms with Crippen LogP contribution in [-0.2, 0) is 6.54 Å². The molecule has 122 valence electrons. The number of rotatable bonds is 6. The number of likely N-dealkylation sites (tertiary alicyclic amines) is 1. The highest BCUT2D eigenvalue weighted by Crippen LogP contribution is 2.20. The van der Waals surface area contributed by atoms with Crippen LogP contribution < -0.4 is 5.32 Å². The second kappa shape index (κ2) is 8.23. The molecule has 2 heterocycles. The summed E-state index contributed by atoms with van der Waals surface area (Å²) in [4.78, 5) is 6.95. The molecule has 1 aromatic heterocycles. The number of hydrogen-bond donors (Lipinski definition) is 1. The molecule has 0 bridgehead atoms. The fourth-order valence-electron chi connectivity index (χ4n) is 3.40. The van der Waals surface area contributed by atoms with Gasteiger partial charge in [0.05, 0.1) is 5.69 Å². The Kier molecular flexibility index (Phi) is 5.78. The molecule has 23 heavy (non-hydrogen) atoms. The molecular formula is C20H27N3. The highest BCUT2D eigenvalue weighted by molar-refractivity contribution is 5.19. The van der Waals surface area contributed by atoms with E-state index in [0.717, 1.165) is 26.1 Å². The zero-order valence-electron chi connectivity index (χ0n) is 14.0. The van der Waals surface area contributed by atoms with Crippen molar-refractivity contribution in [1.29, 1.82) is 0 Å². The molecule has 1 aromatic carbocycles. The van der Waals surface area contributed by atoms with Gasteiger partial charge in [-0.25, -0.2) is 0 Å². The third-order valence-corrected chi connectivity index (χ3v) is 4.75. The van der Waals surface area contributed by atoms with E-state index in [4.69, 9.17) is 0 Å². The molecule has 3 nitrogen and oxygen atoms in total. The quantitative estimate of drug-likeness (QED) is 0.880. The molecule has 2 aromatic rings. The number of pyridine rings is 1. The summed E-state index contributed by atoms with van der Waals surface area (Å²) in [5.41, 5.74) is 2.58. The number of nitrogens with one attached hydrogen (secondary N) is 1. The van der Waals surface area contributed by atoms with Crippen LogP contribution >= 0.6 is 0 Å². The summed E-state index contributed by atoms with van der Waals surface area (Å²) in [6.45, 7) is 5.54. The highest BCUT2D eigenvalue weighted by Gasteiger charge is 2.21. The predicted octanol–water partition coefficient (Wildman–Crippen LogP) is 3.79. The van der Waals surface area contributed by atoms with E-state index in [2.05, 4.69) is 64.6 Å². The van der Waals surface area contributed by atoms with Gasteiger partial charge in [0.1, 0.15) is 0 Å². The minimum absolute atomic E-state index is 0.476. The highest BCUT2D eigenvalue weighted by atomic mass is 15.1. The van der Waals surface area contributed by atoms with Crippen molar-refractivity contribution in [2.24, 2.45) is 0 Å². The van der Waals surface area contributed by atoms with Crippen molar-refractivity contribution < 1.29 is 0 Å². The maximum atomic E-state index is 4.44. The maximum absolute atomic E-state index is 4.44. The smallest absolute Gasteiger partial charge is 0.0543 e. The number of piperidine rings is 1. The van der Waals surface area contributed by atoms with E-state index >= 15 is 0 Å². The van der Waals surface area contributed by atoms with Gasteiger partial charge in [-0.05, 0) is 37.0 Å². The molecule has 1 aliphatic rings. The summed E-state index contributed by atoms with van der Waals surface area (Å²) in [5, 5.41) is 3.86. The summed E-state index contributed by atoms with van der Waals surface area (Å²) in [5.74, 6) is 0. The van der Waals surface area contributed by atoms with Gasteiger partial charge in [-0.3, -0.25) is 9.88 Å². The van der Waals surface area contributed by atoms with Gasteiger partial charge in [0, 0.05) is 37.9 Å². The van der Waals surface area contributed by atoms with Crippen molar-refractivity contribution in [1.82, 2.24) is 15.2 Å². The van der Waals surface area contributed by atoms with Gasteiger partial charge in [0.25, 0.3) is 0 Å². The Bertz CT molecular complexity index is 562. The molecule has 0 radical (unpaired) electrons. The van der Waals surface area contributed by atoms with Crippen LogP contribution in [0.5, 0.6) is 0 Å². The molecule has 0 amide bonds. The van der Waals surface area contributed by atoms with E-state index in [1.54, 1.807) is 0 Å². The molecule has 3 heteroatoms. The van der Waals surface area contributed by atoms with Crippen LogP contribution in [0.1, 0.15) is 43.5 Å². The summed E-state index contributed by atoms with van der Waals surface area (Å²) in [7, 11) is 0. The van der Waals surface area contributed by atoms with Gasteiger partial charge in [-0.1, -0.05) is 43.3 Å². The molecule has 3 rings (SSSR count). The Labute approximate surface area is 139 Å². The van der Waals surface area contributed by atoms with E-state index < -0.39 is 0 Å². The Morgan fingerprint density at radius 2 is 1.83 bits per heavy atom. The fraction of sp³-hybridized carbons (Fsp3) is 0.450. The van der Waals surface area contributed by atoms with Crippen molar-refractivity contribution in [2.75, 3.05) is 13.1 Å². The first kappa shape index (κ1) is 16.2. The Hall–Kier alpha value is -1.71. The molecule has 0 spiro atoms. The number of nitrogens with zero attached hydrogens (tertiary/aromatic N) is 2. The first-order chi connectivity index (χ1) is 11.3. The van der Waals surface area contributed by atoms with Crippen LogP contribution in [0.2, 0.25) is 0 Å². The molecule has 1 saturated heterocycles. The Balaban J connectivity index is 1.49. The molecule has 0 aliphatic carbocycles. The van der Waals surface area contributed by atoms with Gasteiger partial charge >= 0.3 is 0 Å².